The first-order chi connectivity index (χ1) is 15.3. The van der Waals surface area contributed by atoms with Gasteiger partial charge in [-0.1, -0.05) is 29.8 Å². The van der Waals surface area contributed by atoms with Gasteiger partial charge in [-0.2, -0.15) is 0 Å². The third kappa shape index (κ3) is 5.54. The van der Waals surface area contributed by atoms with E-state index in [2.05, 4.69) is 18.2 Å². The number of hydrogen-bond donors (Lipinski definition) is 1. The Labute approximate surface area is 199 Å². The van der Waals surface area contributed by atoms with Gasteiger partial charge in [0.1, 0.15) is 9.96 Å². The van der Waals surface area contributed by atoms with E-state index in [1.54, 1.807) is 6.07 Å². The van der Waals surface area contributed by atoms with Crippen molar-refractivity contribution >= 4 is 32.8 Å². The predicted octanol–water partition coefficient (Wildman–Crippen LogP) is 5.55. The van der Waals surface area contributed by atoms with Crippen LogP contribution in [0.15, 0.2) is 58.1 Å². The topological polar surface area (TPSA) is 69.4 Å². The highest BCUT2D eigenvalue weighted by atomic mass is 35.5. The standard InChI is InChI=1S/C25H28ClNO3S2/c1-17-12-25(31-16-17)32(28,29)11-3-10-30-21-8-6-19-7-9-24(27)23(22(19)15-21)14-18-4-2-5-20(26)13-18/h2,4-6,8,12-13,15-16,23-24H,3,7,9-11,14,27H2,1H3. The van der Waals surface area contributed by atoms with Gasteiger partial charge in [0.25, 0.3) is 0 Å². The van der Waals surface area contributed by atoms with Crippen molar-refractivity contribution in [3.8, 4) is 5.75 Å². The van der Waals surface area contributed by atoms with Crippen LogP contribution in [-0.4, -0.2) is 26.8 Å². The molecule has 0 bridgehead atoms. The summed E-state index contributed by atoms with van der Waals surface area (Å²) in [6, 6.07) is 15.9. The molecule has 1 aliphatic rings. The second-order valence-electron chi connectivity index (χ2n) is 8.47. The maximum absolute atomic E-state index is 12.5. The van der Waals surface area contributed by atoms with Gasteiger partial charge in [-0.25, -0.2) is 8.42 Å². The van der Waals surface area contributed by atoms with Crippen molar-refractivity contribution in [3.63, 3.8) is 0 Å². The highest BCUT2D eigenvalue weighted by Gasteiger charge is 2.28. The number of nitrogens with two attached hydrogens (primary N) is 1. The summed E-state index contributed by atoms with van der Waals surface area (Å²) in [5, 5.41) is 2.60. The van der Waals surface area contributed by atoms with Crippen molar-refractivity contribution in [2.24, 2.45) is 5.73 Å². The minimum absolute atomic E-state index is 0.0797. The summed E-state index contributed by atoms with van der Waals surface area (Å²) >= 11 is 7.45. The van der Waals surface area contributed by atoms with Gasteiger partial charge in [0.15, 0.2) is 9.84 Å². The molecule has 0 fully saturated rings. The molecule has 0 spiro atoms. The average Bonchev–Trinajstić information content (AvgIpc) is 3.21. The minimum atomic E-state index is -3.25. The molecule has 4 rings (SSSR count). The highest BCUT2D eigenvalue weighted by Crippen LogP contribution is 2.36. The van der Waals surface area contributed by atoms with Crippen molar-refractivity contribution < 1.29 is 13.2 Å². The SMILES string of the molecule is Cc1csc(S(=O)(=O)CCCOc2ccc3c(c2)C(Cc2cccc(Cl)c2)C(N)CC3)c1. The van der Waals surface area contributed by atoms with Crippen molar-refractivity contribution in [1.82, 2.24) is 0 Å². The second-order valence-corrected chi connectivity index (χ2v) is 12.2. The lowest BCUT2D eigenvalue weighted by atomic mass is 9.76. The van der Waals surface area contributed by atoms with Crippen LogP contribution >= 0.6 is 22.9 Å². The number of halogens is 1. The van der Waals surface area contributed by atoms with E-state index in [1.165, 1.54) is 28.0 Å². The van der Waals surface area contributed by atoms with E-state index in [-0.39, 0.29) is 17.7 Å². The highest BCUT2D eigenvalue weighted by molar-refractivity contribution is 7.93. The molecule has 2 atom stereocenters. The Hall–Kier alpha value is -1.86. The van der Waals surface area contributed by atoms with Crippen LogP contribution in [0.3, 0.4) is 0 Å². The third-order valence-corrected chi connectivity index (χ3v) is 9.65. The molecule has 0 saturated carbocycles. The van der Waals surface area contributed by atoms with Crippen LogP contribution in [0, 0.1) is 6.92 Å². The summed E-state index contributed by atoms with van der Waals surface area (Å²) in [5.41, 5.74) is 11.2. The maximum Gasteiger partial charge on any atom is 0.187 e. The van der Waals surface area contributed by atoms with E-state index < -0.39 is 9.84 Å². The lowest BCUT2D eigenvalue weighted by Gasteiger charge is -2.32. The first-order valence-electron chi connectivity index (χ1n) is 10.9. The Morgan fingerprint density at radius 1 is 1.19 bits per heavy atom. The molecule has 3 aromatic rings. The Balaban J connectivity index is 1.41. The van der Waals surface area contributed by atoms with Crippen LogP contribution in [0.2, 0.25) is 5.02 Å². The molecule has 1 aromatic heterocycles. The fourth-order valence-corrected chi connectivity index (χ4v) is 7.16. The summed E-state index contributed by atoms with van der Waals surface area (Å²) in [5.74, 6) is 1.04. The second kappa shape index (κ2) is 9.96. The quantitative estimate of drug-likeness (QED) is 0.421. The number of benzene rings is 2. The molecule has 170 valence electrons. The molecule has 2 unspecified atom stereocenters. The van der Waals surface area contributed by atoms with Gasteiger partial charge in [0.2, 0.25) is 0 Å². The molecule has 1 heterocycles. The van der Waals surface area contributed by atoms with Gasteiger partial charge >= 0.3 is 0 Å². The van der Waals surface area contributed by atoms with Crippen molar-refractivity contribution in [1.29, 1.82) is 0 Å². The van der Waals surface area contributed by atoms with E-state index in [0.29, 0.717) is 17.2 Å². The fourth-order valence-electron chi connectivity index (χ4n) is 4.28. The zero-order valence-electron chi connectivity index (χ0n) is 18.1. The molecular weight excluding hydrogens is 462 g/mol. The number of sulfone groups is 1. The van der Waals surface area contributed by atoms with Gasteiger partial charge < -0.3 is 10.5 Å². The van der Waals surface area contributed by atoms with Crippen LogP contribution in [0.1, 0.15) is 41.0 Å². The third-order valence-electron chi connectivity index (χ3n) is 5.96. The Morgan fingerprint density at radius 2 is 2.03 bits per heavy atom. The van der Waals surface area contributed by atoms with Crippen molar-refractivity contribution in [3.05, 3.63) is 81.2 Å². The van der Waals surface area contributed by atoms with E-state index in [1.807, 2.05) is 36.6 Å². The molecule has 1 aliphatic carbocycles. The van der Waals surface area contributed by atoms with Crippen molar-refractivity contribution in [2.75, 3.05) is 12.4 Å². The first kappa shape index (κ1) is 23.3. The summed E-state index contributed by atoms with van der Waals surface area (Å²) < 4.78 is 31.3. The molecule has 7 heteroatoms. The normalized spacial score (nSPS) is 18.3. The fraction of sp³-hybridized carbons (Fsp3) is 0.360. The van der Waals surface area contributed by atoms with Crippen LogP contribution in [0.5, 0.6) is 5.75 Å². The molecule has 2 N–H and O–H groups in total. The van der Waals surface area contributed by atoms with Crippen LogP contribution in [0.4, 0.5) is 0 Å². The Morgan fingerprint density at radius 3 is 2.78 bits per heavy atom. The maximum atomic E-state index is 12.5. The molecule has 32 heavy (non-hydrogen) atoms. The number of fused-ring (bicyclic) bond motifs is 1. The Bertz CT molecular complexity index is 1190. The van der Waals surface area contributed by atoms with E-state index >= 15 is 0 Å². The van der Waals surface area contributed by atoms with Crippen LogP contribution < -0.4 is 10.5 Å². The van der Waals surface area contributed by atoms with E-state index in [9.17, 15) is 8.42 Å². The van der Waals surface area contributed by atoms with Crippen LogP contribution in [-0.2, 0) is 22.7 Å². The first-order valence-corrected chi connectivity index (χ1v) is 13.8. The molecule has 0 saturated heterocycles. The van der Waals surface area contributed by atoms with Gasteiger partial charge in [-0.3, -0.25) is 0 Å². The van der Waals surface area contributed by atoms with Gasteiger partial charge in [-0.15, -0.1) is 11.3 Å². The monoisotopic (exact) mass is 489 g/mol. The number of hydrogen-bond acceptors (Lipinski definition) is 5. The number of rotatable bonds is 8. The Kier molecular flexibility index (Phi) is 7.25. The summed E-state index contributed by atoms with van der Waals surface area (Å²) in [4.78, 5) is 0. The number of thiophene rings is 1. The zero-order chi connectivity index (χ0) is 22.7. The predicted molar refractivity (Wildman–Crippen MR) is 132 cm³/mol. The smallest absolute Gasteiger partial charge is 0.187 e. The summed E-state index contributed by atoms with van der Waals surface area (Å²) in [6.07, 6.45) is 3.19. The molecule has 0 amide bonds. The number of ether oxygens (including phenoxy) is 1. The summed E-state index contributed by atoms with van der Waals surface area (Å²) in [7, 11) is -3.25. The van der Waals surface area contributed by atoms with E-state index in [0.717, 1.165) is 35.6 Å². The zero-order valence-corrected chi connectivity index (χ0v) is 20.5. The lowest BCUT2D eigenvalue weighted by molar-refractivity contribution is 0.316. The van der Waals surface area contributed by atoms with Crippen molar-refractivity contribution in [2.45, 2.75) is 48.8 Å². The summed E-state index contributed by atoms with van der Waals surface area (Å²) in [6.45, 7) is 2.26. The van der Waals surface area contributed by atoms with Gasteiger partial charge in [-0.05, 0) is 90.6 Å². The minimum Gasteiger partial charge on any atom is -0.494 e. The molecular formula is C25H28ClNO3S2. The number of aryl methyl sites for hydroxylation is 2. The van der Waals surface area contributed by atoms with E-state index in [4.69, 9.17) is 22.1 Å². The molecule has 0 aliphatic heterocycles. The van der Waals surface area contributed by atoms with Crippen LogP contribution in [0.25, 0.3) is 0 Å². The van der Waals surface area contributed by atoms with Gasteiger partial charge in [0.05, 0.1) is 12.4 Å². The molecule has 2 aromatic carbocycles. The largest absolute Gasteiger partial charge is 0.494 e. The van der Waals surface area contributed by atoms with Gasteiger partial charge in [0, 0.05) is 17.0 Å². The molecule has 4 nitrogen and oxygen atoms in total. The average molecular weight is 490 g/mol. The molecule has 0 radical (unpaired) electrons. The lowest BCUT2D eigenvalue weighted by Crippen LogP contribution is -2.34.